The molecule has 0 bridgehead atoms. The summed E-state index contributed by atoms with van der Waals surface area (Å²) in [5.41, 5.74) is 0.703. The zero-order valence-electron chi connectivity index (χ0n) is 9.85. The summed E-state index contributed by atoms with van der Waals surface area (Å²) in [6, 6.07) is 0.220. The minimum absolute atomic E-state index is 0.0186. The second-order valence-corrected chi connectivity index (χ2v) is 5.02. The van der Waals surface area contributed by atoms with E-state index < -0.39 is 0 Å². The van der Waals surface area contributed by atoms with Gasteiger partial charge in [0.15, 0.2) is 0 Å². The Morgan fingerprint density at radius 3 is 3.11 bits per heavy atom. The predicted molar refractivity (Wildman–Crippen MR) is 64.2 cm³/mol. The lowest BCUT2D eigenvalue weighted by molar-refractivity contribution is 0.0791. The van der Waals surface area contributed by atoms with Crippen molar-refractivity contribution < 1.29 is 4.79 Å². The van der Waals surface area contributed by atoms with Crippen molar-refractivity contribution in [2.75, 3.05) is 13.1 Å². The van der Waals surface area contributed by atoms with Crippen LogP contribution in [0.4, 0.5) is 0 Å². The summed E-state index contributed by atoms with van der Waals surface area (Å²) >= 11 is 1.16. The fourth-order valence-corrected chi connectivity index (χ4v) is 2.75. The highest BCUT2D eigenvalue weighted by Gasteiger charge is 2.30. The molecule has 0 saturated carbocycles. The molecule has 1 atom stereocenters. The van der Waals surface area contributed by atoms with Gasteiger partial charge in [-0.25, -0.2) is 4.68 Å². The molecule has 1 unspecified atom stereocenters. The minimum atomic E-state index is 0.0186. The average molecular weight is 264 g/mol. The summed E-state index contributed by atoms with van der Waals surface area (Å²) < 4.78 is 5.61. The van der Waals surface area contributed by atoms with E-state index in [-0.39, 0.29) is 11.9 Å². The Morgan fingerprint density at radius 1 is 1.56 bits per heavy atom. The molecule has 0 N–H and O–H groups in total. The number of rotatable bonds is 2. The van der Waals surface area contributed by atoms with Gasteiger partial charge in [0.2, 0.25) is 0 Å². The number of aromatic nitrogens is 5. The van der Waals surface area contributed by atoms with Gasteiger partial charge in [-0.3, -0.25) is 4.79 Å². The van der Waals surface area contributed by atoms with Crippen molar-refractivity contribution in [1.29, 1.82) is 0 Å². The van der Waals surface area contributed by atoms with E-state index in [9.17, 15) is 4.79 Å². The van der Waals surface area contributed by atoms with Gasteiger partial charge in [0.25, 0.3) is 5.91 Å². The molecule has 8 heteroatoms. The zero-order valence-corrected chi connectivity index (χ0v) is 10.7. The molecular weight excluding hydrogens is 252 g/mol. The number of hydrogen-bond donors (Lipinski definition) is 0. The molecule has 0 radical (unpaired) electrons. The van der Waals surface area contributed by atoms with Crippen LogP contribution in [-0.2, 0) is 0 Å². The van der Waals surface area contributed by atoms with E-state index in [0.717, 1.165) is 24.5 Å². The predicted octanol–water partition coefficient (Wildman–Crippen LogP) is 0.525. The first-order valence-corrected chi connectivity index (χ1v) is 6.47. The smallest absolute Gasteiger partial charge is 0.267 e. The fourth-order valence-electron chi connectivity index (χ4n) is 2.13. The van der Waals surface area contributed by atoms with E-state index in [0.29, 0.717) is 17.1 Å². The summed E-state index contributed by atoms with van der Waals surface area (Å²) in [4.78, 5) is 14.7. The SMILES string of the molecule is Cc1nnsc1C(=O)N1CCC(n2ccnn2)C1. The summed E-state index contributed by atoms with van der Waals surface area (Å²) in [5.74, 6) is 0.0186. The van der Waals surface area contributed by atoms with Crippen LogP contribution in [0.2, 0.25) is 0 Å². The first-order chi connectivity index (χ1) is 8.75. The molecule has 94 valence electrons. The van der Waals surface area contributed by atoms with Crippen LogP contribution >= 0.6 is 11.5 Å². The van der Waals surface area contributed by atoms with Crippen LogP contribution in [0.25, 0.3) is 0 Å². The lowest BCUT2D eigenvalue weighted by Gasteiger charge is -2.15. The molecule has 0 spiro atoms. The maximum Gasteiger partial charge on any atom is 0.267 e. The number of likely N-dealkylation sites (tertiary alicyclic amines) is 1. The molecule has 2 aromatic heterocycles. The molecule has 3 rings (SSSR count). The van der Waals surface area contributed by atoms with E-state index in [1.165, 1.54) is 0 Å². The van der Waals surface area contributed by atoms with Gasteiger partial charge in [0.05, 0.1) is 17.9 Å². The average Bonchev–Trinajstić information content (AvgIpc) is 3.09. The van der Waals surface area contributed by atoms with E-state index in [4.69, 9.17) is 0 Å². The number of aryl methyl sites for hydroxylation is 1. The topological polar surface area (TPSA) is 76.8 Å². The van der Waals surface area contributed by atoms with Crippen molar-refractivity contribution in [1.82, 2.24) is 29.5 Å². The number of hydrogen-bond acceptors (Lipinski definition) is 6. The third kappa shape index (κ3) is 1.88. The first kappa shape index (κ1) is 11.3. The number of nitrogens with zero attached hydrogens (tertiary/aromatic N) is 6. The van der Waals surface area contributed by atoms with Gasteiger partial charge in [0.1, 0.15) is 4.88 Å². The van der Waals surface area contributed by atoms with Gasteiger partial charge in [-0.05, 0) is 24.9 Å². The molecule has 3 heterocycles. The Morgan fingerprint density at radius 2 is 2.44 bits per heavy atom. The van der Waals surface area contributed by atoms with Crippen molar-refractivity contribution in [2.24, 2.45) is 0 Å². The Balaban J connectivity index is 1.73. The molecule has 0 aromatic carbocycles. The van der Waals surface area contributed by atoms with E-state index in [1.807, 2.05) is 22.7 Å². The van der Waals surface area contributed by atoms with Gasteiger partial charge in [-0.2, -0.15) is 0 Å². The molecule has 7 nitrogen and oxygen atoms in total. The van der Waals surface area contributed by atoms with Gasteiger partial charge < -0.3 is 4.90 Å². The highest BCUT2D eigenvalue weighted by Crippen LogP contribution is 2.23. The highest BCUT2D eigenvalue weighted by molar-refractivity contribution is 7.07. The van der Waals surface area contributed by atoms with Crippen LogP contribution in [-0.4, -0.2) is 48.5 Å². The highest BCUT2D eigenvalue weighted by atomic mass is 32.1. The molecule has 1 aliphatic rings. The quantitative estimate of drug-likeness (QED) is 0.790. The monoisotopic (exact) mass is 264 g/mol. The molecule has 1 saturated heterocycles. The third-order valence-electron chi connectivity index (χ3n) is 3.11. The second-order valence-electron chi connectivity index (χ2n) is 4.26. The van der Waals surface area contributed by atoms with Gasteiger partial charge in [0, 0.05) is 19.3 Å². The van der Waals surface area contributed by atoms with Crippen molar-refractivity contribution >= 4 is 17.4 Å². The van der Waals surface area contributed by atoms with Crippen molar-refractivity contribution in [2.45, 2.75) is 19.4 Å². The van der Waals surface area contributed by atoms with Gasteiger partial charge >= 0.3 is 0 Å². The Labute approximate surface area is 108 Å². The van der Waals surface area contributed by atoms with Crippen LogP contribution in [0.15, 0.2) is 12.4 Å². The Kier molecular flexibility index (Phi) is 2.78. The Hall–Kier alpha value is -1.83. The number of carbonyl (C=O) groups excluding carboxylic acids is 1. The van der Waals surface area contributed by atoms with Gasteiger partial charge in [-0.15, -0.1) is 10.2 Å². The van der Waals surface area contributed by atoms with Crippen molar-refractivity contribution in [3.05, 3.63) is 23.0 Å². The maximum atomic E-state index is 12.3. The maximum absolute atomic E-state index is 12.3. The molecule has 18 heavy (non-hydrogen) atoms. The fraction of sp³-hybridized carbons (Fsp3) is 0.500. The molecule has 1 fully saturated rings. The number of carbonyl (C=O) groups is 1. The van der Waals surface area contributed by atoms with Crippen LogP contribution < -0.4 is 0 Å². The standard InChI is InChI=1S/C10H12N6OS/c1-7-9(18-14-12-7)10(17)15-4-2-8(6-15)16-5-3-11-13-16/h3,5,8H,2,4,6H2,1H3. The molecular formula is C10H12N6OS. The third-order valence-corrected chi connectivity index (χ3v) is 3.93. The normalized spacial score (nSPS) is 19.4. The van der Waals surface area contributed by atoms with Gasteiger partial charge in [-0.1, -0.05) is 9.70 Å². The minimum Gasteiger partial charge on any atom is -0.336 e. The van der Waals surface area contributed by atoms with Crippen LogP contribution in [0.3, 0.4) is 0 Å². The summed E-state index contributed by atoms with van der Waals surface area (Å²) in [6.45, 7) is 3.21. The molecule has 2 aromatic rings. The lowest BCUT2D eigenvalue weighted by atomic mass is 10.3. The van der Waals surface area contributed by atoms with E-state index >= 15 is 0 Å². The van der Waals surface area contributed by atoms with Crippen LogP contribution in [0.1, 0.15) is 27.8 Å². The van der Waals surface area contributed by atoms with Crippen molar-refractivity contribution in [3.8, 4) is 0 Å². The molecule has 1 amide bonds. The summed E-state index contributed by atoms with van der Waals surface area (Å²) in [6.07, 6.45) is 4.39. The Bertz CT molecular complexity index is 550. The van der Waals surface area contributed by atoms with Crippen molar-refractivity contribution in [3.63, 3.8) is 0 Å². The molecule has 0 aliphatic carbocycles. The van der Waals surface area contributed by atoms with E-state index in [1.54, 1.807) is 6.20 Å². The second kappa shape index (κ2) is 4.45. The molecule has 1 aliphatic heterocycles. The van der Waals surface area contributed by atoms with Crippen LogP contribution in [0, 0.1) is 6.92 Å². The van der Waals surface area contributed by atoms with Crippen LogP contribution in [0.5, 0.6) is 0 Å². The largest absolute Gasteiger partial charge is 0.336 e. The van der Waals surface area contributed by atoms with E-state index in [2.05, 4.69) is 19.9 Å². The number of amides is 1. The first-order valence-electron chi connectivity index (χ1n) is 5.69. The zero-order chi connectivity index (χ0) is 12.5. The lowest BCUT2D eigenvalue weighted by Crippen LogP contribution is -2.29. The summed E-state index contributed by atoms with van der Waals surface area (Å²) in [5, 5.41) is 11.6. The summed E-state index contributed by atoms with van der Waals surface area (Å²) in [7, 11) is 0.